The molecule has 0 fully saturated rings. The van der Waals surface area contributed by atoms with Gasteiger partial charge in [-0.2, -0.15) is 0 Å². The van der Waals surface area contributed by atoms with Crippen LogP contribution in [-0.4, -0.2) is 33.3 Å². The van der Waals surface area contributed by atoms with E-state index in [-0.39, 0.29) is 10.8 Å². The van der Waals surface area contributed by atoms with Crippen LogP contribution in [0.1, 0.15) is 21.5 Å². The van der Waals surface area contributed by atoms with Crippen LogP contribution in [0.25, 0.3) is 0 Å². The molecule has 2 aromatic rings. The molecule has 0 aromatic heterocycles. The summed E-state index contributed by atoms with van der Waals surface area (Å²) in [5, 5.41) is 0. The van der Waals surface area contributed by atoms with Gasteiger partial charge in [-0.3, -0.25) is 4.79 Å². The first-order valence-corrected chi connectivity index (χ1v) is 9.56. The number of hydrogen-bond donors (Lipinski definition) is 1. The predicted molar refractivity (Wildman–Crippen MR) is 97.4 cm³/mol. The number of nitrogens with one attached hydrogen (secondary N) is 1. The van der Waals surface area contributed by atoms with Gasteiger partial charge in [-0.05, 0) is 49.4 Å². The molecule has 24 heavy (non-hydrogen) atoms. The molecule has 5 nitrogen and oxygen atoms in total. The van der Waals surface area contributed by atoms with E-state index >= 15 is 0 Å². The van der Waals surface area contributed by atoms with Crippen molar-refractivity contribution in [1.29, 1.82) is 0 Å². The van der Waals surface area contributed by atoms with Crippen molar-refractivity contribution in [3.8, 4) is 0 Å². The standard InChI is InChI=1S/C17H19BrN2O3S/c1-12-4-9-15(24(22,23)19-2)10-16(12)17(21)20(3)11-13-5-7-14(18)8-6-13/h4-10,19H,11H2,1-3H3. The second-order valence-corrected chi connectivity index (χ2v) is 8.27. The number of carbonyl (C=O) groups excluding carboxylic acids is 1. The monoisotopic (exact) mass is 410 g/mol. The number of benzene rings is 2. The van der Waals surface area contributed by atoms with Gasteiger partial charge in [0.05, 0.1) is 4.90 Å². The number of halogens is 1. The third-order valence-electron chi connectivity index (χ3n) is 3.70. The third-order valence-corrected chi connectivity index (χ3v) is 5.64. The maximum Gasteiger partial charge on any atom is 0.254 e. The zero-order valence-electron chi connectivity index (χ0n) is 13.7. The van der Waals surface area contributed by atoms with Gasteiger partial charge in [-0.15, -0.1) is 0 Å². The highest BCUT2D eigenvalue weighted by Gasteiger charge is 2.19. The Morgan fingerprint density at radius 2 is 1.79 bits per heavy atom. The second-order valence-electron chi connectivity index (χ2n) is 5.47. The molecule has 0 aliphatic rings. The Kier molecular flexibility index (Phi) is 5.79. The Morgan fingerprint density at radius 3 is 2.38 bits per heavy atom. The van der Waals surface area contributed by atoms with Crippen molar-refractivity contribution in [3.05, 3.63) is 63.6 Å². The highest BCUT2D eigenvalue weighted by molar-refractivity contribution is 9.10. The predicted octanol–water partition coefficient (Wildman–Crippen LogP) is 2.94. The molecule has 0 spiro atoms. The van der Waals surface area contributed by atoms with E-state index in [0.29, 0.717) is 12.1 Å². The average Bonchev–Trinajstić information content (AvgIpc) is 2.56. The van der Waals surface area contributed by atoms with Gasteiger partial charge in [-0.1, -0.05) is 34.1 Å². The fraction of sp³-hybridized carbons (Fsp3) is 0.235. The first kappa shape index (κ1) is 18.6. The molecule has 0 aliphatic carbocycles. The minimum atomic E-state index is -3.59. The normalized spacial score (nSPS) is 11.3. The van der Waals surface area contributed by atoms with Crippen molar-refractivity contribution in [2.75, 3.05) is 14.1 Å². The summed E-state index contributed by atoms with van der Waals surface area (Å²) in [6.07, 6.45) is 0. The molecule has 1 N–H and O–H groups in total. The maximum atomic E-state index is 12.7. The largest absolute Gasteiger partial charge is 0.337 e. The summed E-state index contributed by atoms with van der Waals surface area (Å²) >= 11 is 3.38. The van der Waals surface area contributed by atoms with Crippen molar-refractivity contribution in [2.24, 2.45) is 0 Å². The SMILES string of the molecule is CNS(=O)(=O)c1ccc(C)c(C(=O)N(C)Cc2ccc(Br)cc2)c1. The summed E-state index contributed by atoms with van der Waals surface area (Å²) in [6, 6.07) is 12.3. The van der Waals surface area contributed by atoms with Crippen LogP contribution in [0.3, 0.4) is 0 Å². The summed E-state index contributed by atoms with van der Waals surface area (Å²) < 4.78 is 27.1. The molecule has 0 bridgehead atoms. The molecule has 0 radical (unpaired) electrons. The number of amides is 1. The minimum absolute atomic E-state index is 0.0796. The van der Waals surface area contributed by atoms with Gasteiger partial charge in [0, 0.05) is 23.6 Å². The number of carbonyl (C=O) groups is 1. The van der Waals surface area contributed by atoms with Gasteiger partial charge in [0.2, 0.25) is 10.0 Å². The van der Waals surface area contributed by atoms with Crippen LogP contribution in [0.4, 0.5) is 0 Å². The number of sulfonamides is 1. The van der Waals surface area contributed by atoms with Crippen LogP contribution in [0, 0.1) is 6.92 Å². The third kappa shape index (κ3) is 4.23. The smallest absolute Gasteiger partial charge is 0.254 e. The maximum absolute atomic E-state index is 12.7. The average molecular weight is 411 g/mol. The molecule has 0 unspecified atom stereocenters. The van der Waals surface area contributed by atoms with E-state index in [1.807, 2.05) is 24.3 Å². The van der Waals surface area contributed by atoms with Crippen LogP contribution < -0.4 is 4.72 Å². The summed E-state index contributed by atoms with van der Waals surface area (Å²) in [7, 11) is -0.545. The van der Waals surface area contributed by atoms with Gasteiger partial charge >= 0.3 is 0 Å². The Labute approximate surface area is 150 Å². The Hall–Kier alpha value is -1.70. The molecule has 0 heterocycles. The molecule has 7 heteroatoms. The molecule has 0 atom stereocenters. The van der Waals surface area contributed by atoms with E-state index in [1.54, 1.807) is 24.9 Å². The summed E-state index contributed by atoms with van der Waals surface area (Å²) in [5.74, 6) is -0.219. The fourth-order valence-corrected chi connectivity index (χ4v) is 3.28. The molecule has 2 rings (SSSR count). The van der Waals surface area contributed by atoms with Crippen molar-refractivity contribution in [2.45, 2.75) is 18.4 Å². The van der Waals surface area contributed by atoms with Crippen LogP contribution >= 0.6 is 15.9 Å². The molecular formula is C17H19BrN2O3S. The molecule has 0 aliphatic heterocycles. The van der Waals surface area contributed by atoms with Crippen molar-refractivity contribution < 1.29 is 13.2 Å². The van der Waals surface area contributed by atoms with Crippen LogP contribution in [0.5, 0.6) is 0 Å². The lowest BCUT2D eigenvalue weighted by molar-refractivity contribution is 0.0784. The van der Waals surface area contributed by atoms with E-state index in [1.165, 1.54) is 19.2 Å². The van der Waals surface area contributed by atoms with E-state index in [2.05, 4.69) is 20.7 Å². The molecule has 0 saturated heterocycles. The second kappa shape index (κ2) is 7.46. The molecular weight excluding hydrogens is 392 g/mol. The summed E-state index contributed by atoms with van der Waals surface area (Å²) in [6.45, 7) is 2.23. The quantitative estimate of drug-likeness (QED) is 0.823. The Morgan fingerprint density at radius 1 is 1.17 bits per heavy atom. The Balaban J connectivity index is 2.28. The van der Waals surface area contributed by atoms with Crippen molar-refractivity contribution in [3.63, 3.8) is 0 Å². The van der Waals surface area contributed by atoms with Crippen molar-refractivity contribution >= 4 is 31.9 Å². The molecule has 128 valence electrons. The van der Waals surface area contributed by atoms with Gasteiger partial charge < -0.3 is 4.90 Å². The van der Waals surface area contributed by atoms with Gasteiger partial charge in [0.1, 0.15) is 0 Å². The van der Waals surface area contributed by atoms with E-state index < -0.39 is 10.0 Å². The summed E-state index contributed by atoms with van der Waals surface area (Å²) in [4.78, 5) is 14.4. The number of hydrogen-bond acceptors (Lipinski definition) is 3. The first-order valence-electron chi connectivity index (χ1n) is 7.28. The van der Waals surface area contributed by atoms with E-state index in [4.69, 9.17) is 0 Å². The lowest BCUT2D eigenvalue weighted by atomic mass is 10.1. The van der Waals surface area contributed by atoms with Gasteiger partial charge in [0.15, 0.2) is 0 Å². The topological polar surface area (TPSA) is 66.5 Å². The highest BCUT2D eigenvalue weighted by atomic mass is 79.9. The van der Waals surface area contributed by atoms with Crippen LogP contribution in [0.15, 0.2) is 51.8 Å². The van der Waals surface area contributed by atoms with Gasteiger partial charge in [0.25, 0.3) is 5.91 Å². The van der Waals surface area contributed by atoms with Gasteiger partial charge in [-0.25, -0.2) is 13.1 Å². The lowest BCUT2D eigenvalue weighted by Gasteiger charge is -2.19. The first-order chi connectivity index (χ1) is 11.2. The fourth-order valence-electron chi connectivity index (χ4n) is 2.26. The number of aryl methyl sites for hydroxylation is 1. The van der Waals surface area contributed by atoms with Crippen LogP contribution in [0.2, 0.25) is 0 Å². The zero-order valence-corrected chi connectivity index (χ0v) is 16.1. The Bertz CT molecular complexity index is 849. The summed E-state index contributed by atoms with van der Waals surface area (Å²) in [5.41, 5.74) is 2.11. The number of nitrogens with zero attached hydrogens (tertiary/aromatic N) is 1. The molecule has 0 saturated carbocycles. The molecule has 1 amide bonds. The van der Waals surface area contributed by atoms with Crippen molar-refractivity contribution in [1.82, 2.24) is 9.62 Å². The minimum Gasteiger partial charge on any atom is -0.337 e. The van der Waals surface area contributed by atoms with E-state index in [0.717, 1.165) is 15.6 Å². The number of rotatable bonds is 5. The zero-order chi connectivity index (χ0) is 17.9. The highest BCUT2D eigenvalue weighted by Crippen LogP contribution is 2.18. The van der Waals surface area contributed by atoms with Crippen LogP contribution in [-0.2, 0) is 16.6 Å². The van der Waals surface area contributed by atoms with E-state index in [9.17, 15) is 13.2 Å². The lowest BCUT2D eigenvalue weighted by Crippen LogP contribution is -2.27. The molecule has 2 aromatic carbocycles.